The summed E-state index contributed by atoms with van der Waals surface area (Å²) in [6.45, 7) is 1.97. The van der Waals surface area contributed by atoms with E-state index in [0.717, 1.165) is 26.4 Å². The van der Waals surface area contributed by atoms with Crippen molar-refractivity contribution in [3.8, 4) is 33.3 Å². The first-order valence-corrected chi connectivity index (χ1v) is 9.25. The third-order valence-corrected chi connectivity index (χ3v) is 5.73. The van der Waals surface area contributed by atoms with Crippen LogP contribution in [0.3, 0.4) is 0 Å². The van der Waals surface area contributed by atoms with E-state index in [1.807, 2.05) is 49.4 Å². The van der Waals surface area contributed by atoms with Crippen LogP contribution in [0.2, 0.25) is 0 Å². The minimum atomic E-state index is -0.138. The van der Waals surface area contributed by atoms with E-state index in [1.54, 1.807) is 20.3 Å². The highest BCUT2D eigenvalue weighted by atomic mass is 32.1. The van der Waals surface area contributed by atoms with E-state index in [9.17, 15) is 4.79 Å². The van der Waals surface area contributed by atoms with Gasteiger partial charge in [0.25, 0.3) is 5.56 Å². The molecule has 0 aliphatic rings. The van der Waals surface area contributed by atoms with Crippen LogP contribution in [0.25, 0.3) is 32.0 Å². The van der Waals surface area contributed by atoms with E-state index in [4.69, 9.17) is 14.5 Å². The molecular weight excluding hydrogens is 360 g/mol. The van der Waals surface area contributed by atoms with Crippen LogP contribution >= 0.6 is 11.3 Å². The molecule has 136 valence electrons. The highest BCUT2D eigenvalue weighted by molar-refractivity contribution is 7.22. The number of rotatable bonds is 4. The molecule has 0 aliphatic heterocycles. The molecule has 2 heterocycles. The minimum Gasteiger partial charge on any atom is -0.493 e. The van der Waals surface area contributed by atoms with Crippen molar-refractivity contribution in [3.63, 3.8) is 0 Å². The van der Waals surface area contributed by atoms with Gasteiger partial charge in [-0.15, -0.1) is 11.3 Å². The maximum atomic E-state index is 12.8. The second-order valence-electron chi connectivity index (χ2n) is 6.09. The van der Waals surface area contributed by atoms with Crippen molar-refractivity contribution in [1.29, 1.82) is 0 Å². The summed E-state index contributed by atoms with van der Waals surface area (Å²) in [4.78, 5) is 22.2. The fourth-order valence-corrected chi connectivity index (χ4v) is 4.32. The zero-order valence-corrected chi connectivity index (χ0v) is 16.0. The standard InChI is InChI=1S/C21H18N2O3S/c1-12-17-20(24)22-19(14-9-10-15(25-2)16(11-14)26-3)23-21(17)27-18(12)13-7-5-4-6-8-13/h4-11H,1-3H3,(H,22,23,24). The summed E-state index contributed by atoms with van der Waals surface area (Å²) in [5.74, 6) is 1.72. The highest BCUT2D eigenvalue weighted by Gasteiger charge is 2.16. The van der Waals surface area contributed by atoms with Crippen LogP contribution < -0.4 is 15.0 Å². The lowest BCUT2D eigenvalue weighted by molar-refractivity contribution is 0.355. The SMILES string of the molecule is COc1ccc(-c2nc3sc(-c4ccccc4)c(C)c3c(=O)[nH]2)cc1OC. The molecular formula is C21H18N2O3S. The van der Waals surface area contributed by atoms with Crippen molar-refractivity contribution in [3.05, 3.63) is 64.4 Å². The topological polar surface area (TPSA) is 64.2 Å². The van der Waals surface area contributed by atoms with Gasteiger partial charge >= 0.3 is 0 Å². The van der Waals surface area contributed by atoms with Gasteiger partial charge in [0.1, 0.15) is 10.7 Å². The lowest BCUT2D eigenvalue weighted by Crippen LogP contribution is -2.09. The fraction of sp³-hybridized carbons (Fsp3) is 0.143. The van der Waals surface area contributed by atoms with Gasteiger partial charge < -0.3 is 14.5 Å². The molecule has 4 rings (SSSR count). The molecule has 0 aliphatic carbocycles. The molecule has 0 saturated heterocycles. The number of nitrogens with one attached hydrogen (secondary N) is 1. The summed E-state index contributed by atoms with van der Waals surface area (Å²) in [5, 5.41) is 0.642. The van der Waals surface area contributed by atoms with Crippen LogP contribution in [-0.4, -0.2) is 24.2 Å². The molecule has 5 nitrogen and oxygen atoms in total. The highest BCUT2D eigenvalue weighted by Crippen LogP contribution is 2.37. The van der Waals surface area contributed by atoms with Gasteiger partial charge in [-0.3, -0.25) is 4.79 Å². The van der Waals surface area contributed by atoms with Gasteiger partial charge in [0.2, 0.25) is 0 Å². The molecule has 2 aromatic heterocycles. The maximum absolute atomic E-state index is 12.8. The van der Waals surface area contributed by atoms with Gasteiger partial charge in [0.15, 0.2) is 11.5 Å². The molecule has 27 heavy (non-hydrogen) atoms. The van der Waals surface area contributed by atoms with Crippen LogP contribution in [0.5, 0.6) is 11.5 Å². The monoisotopic (exact) mass is 378 g/mol. The number of hydrogen-bond acceptors (Lipinski definition) is 5. The largest absolute Gasteiger partial charge is 0.493 e. The molecule has 0 radical (unpaired) electrons. The van der Waals surface area contributed by atoms with Crippen molar-refractivity contribution < 1.29 is 9.47 Å². The number of H-pyrrole nitrogens is 1. The Labute approximate surface area is 160 Å². The summed E-state index contributed by atoms with van der Waals surface area (Å²) >= 11 is 1.53. The number of methoxy groups -OCH3 is 2. The van der Waals surface area contributed by atoms with Gasteiger partial charge in [-0.25, -0.2) is 4.98 Å². The van der Waals surface area contributed by atoms with E-state index in [0.29, 0.717) is 22.7 Å². The Morgan fingerprint density at radius 3 is 2.41 bits per heavy atom. The van der Waals surface area contributed by atoms with Crippen molar-refractivity contribution in [2.45, 2.75) is 6.92 Å². The second-order valence-corrected chi connectivity index (χ2v) is 7.09. The third-order valence-electron chi connectivity index (χ3n) is 4.49. The smallest absolute Gasteiger partial charge is 0.260 e. The Morgan fingerprint density at radius 1 is 0.963 bits per heavy atom. The van der Waals surface area contributed by atoms with Gasteiger partial charge in [0.05, 0.1) is 19.6 Å². The van der Waals surface area contributed by atoms with Crippen LogP contribution in [0.15, 0.2) is 53.3 Å². The quantitative estimate of drug-likeness (QED) is 0.562. The average molecular weight is 378 g/mol. The second kappa shape index (κ2) is 6.89. The molecule has 0 fully saturated rings. The molecule has 4 aromatic rings. The summed E-state index contributed by atoms with van der Waals surface area (Å²) < 4.78 is 10.6. The molecule has 0 amide bonds. The number of aryl methyl sites for hydroxylation is 1. The molecule has 2 aromatic carbocycles. The fourth-order valence-electron chi connectivity index (χ4n) is 3.13. The van der Waals surface area contributed by atoms with Gasteiger partial charge in [-0.1, -0.05) is 30.3 Å². The molecule has 6 heteroatoms. The Kier molecular flexibility index (Phi) is 4.41. The number of aromatic nitrogens is 2. The van der Waals surface area contributed by atoms with Gasteiger partial charge in [-0.2, -0.15) is 0 Å². The Morgan fingerprint density at radius 2 is 1.70 bits per heavy atom. The zero-order valence-electron chi connectivity index (χ0n) is 15.2. The number of aromatic amines is 1. The molecule has 0 spiro atoms. The molecule has 0 unspecified atom stereocenters. The molecule has 0 atom stereocenters. The van der Waals surface area contributed by atoms with Crippen molar-refractivity contribution in [2.24, 2.45) is 0 Å². The Balaban J connectivity index is 1.89. The number of hydrogen-bond donors (Lipinski definition) is 1. The predicted molar refractivity (Wildman–Crippen MR) is 109 cm³/mol. The average Bonchev–Trinajstić information content (AvgIpc) is 3.05. The van der Waals surface area contributed by atoms with E-state index < -0.39 is 0 Å². The first-order valence-electron chi connectivity index (χ1n) is 8.43. The first kappa shape index (κ1) is 17.3. The Hall–Kier alpha value is -3.12. The van der Waals surface area contributed by atoms with Gasteiger partial charge in [0, 0.05) is 10.4 Å². The summed E-state index contributed by atoms with van der Waals surface area (Å²) in [7, 11) is 3.17. The first-order chi connectivity index (χ1) is 13.1. The van der Waals surface area contributed by atoms with Crippen molar-refractivity contribution in [1.82, 2.24) is 9.97 Å². The minimum absolute atomic E-state index is 0.138. The maximum Gasteiger partial charge on any atom is 0.260 e. The summed E-state index contributed by atoms with van der Waals surface area (Å²) in [6, 6.07) is 15.5. The van der Waals surface area contributed by atoms with E-state index >= 15 is 0 Å². The number of fused-ring (bicyclic) bond motifs is 1. The third kappa shape index (κ3) is 2.98. The number of thiophene rings is 1. The van der Waals surface area contributed by atoms with Gasteiger partial charge in [-0.05, 0) is 36.2 Å². The lowest BCUT2D eigenvalue weighted by Gasteiger charge is -2.09. The molecule has 0 bridgehead atoms. The van der Waals surface area contributed by atoms with Crippen molar-refractivity contribution in [2.75, 3.05) is 14.2 Å². The number of nitrogens with zero attached hydrogens (tertiary/aromatic N) is 1. The lowest BCUT2D eigenvalue weighted by atomic mass is 10.1. The predicted octanol–water partition coefficient (Wildman–Crippen LogP) is 4.64. The summed E-state index contributed by atoms with van der Waals surface area (Å²) in [6.07, 6.45) is 0. The Bertz CT molecular complexity index is 1180. The van der Waals surface area contributed by atoms with E-state index in [2.05, 4.69) is 4.98 Å². The van der Waals surface area contributed by atoms with Crippen LogP contribution in [-0.2, 0) is 0 Å². The molecule has 0 saturated carbocycles. The number of benzene rings is 2. The number of ether oxygens (including phenoxy) is 2. The van der Waals surface area contributed by atoms with E-state index in [-0.39, 0.29) is 5.56 Å². The normalized spacial score (nSPS) is 10.9. The summed E-state index contributed by atoms with van der Waals surface area (Å²) in [5.41, 5.74) is 2.67. The van der Waals surface area contributed by atoms with Crippen LogP contribution in [0, 0.1) is 6.92 Å². The zero-order chi connectivity index (χ0) is 19.0. The van der Waals surface area contributed by atoms with E-state index in [1.165, 1.54) is 11.3 Å². The van der Waals surface area contributed by atoms with Crippen LogP contribution in [0.1, 0.15) is 5.56 Å². The molecule has 1 N–H and O–H groups in total. The van der Waals surface area contributed by atoms with Crippen molar-refractivity contribution >= 4 is 21.6 Å². The van der Waals surface area contributed by atoms with Crippen LogP contribution in [0.4, 0.5) is 0 Å².